The predicted octanol–water partition coefficient (Wildman–Crippen LogP) is 2.63. The van der Waals surface area contributed by atoms with Gasteiger partial charge in [0.05, 0.1) is 0 Å². The second-order valence-corrected chi connectivity index (χ2v) is 8.03. The van der Waals surface area contributed by atoms with Crippen LogP contribution >= 0.6 is 0 Å². The molecule has 3 unspecified atom stereocenters. The molecule has 2 fully saturated rings. The monoisotopic (exact) mass is 218 g/mol. The Bertz CT molecular complexity index is 252. The maximum atomic E-state index is 2.51. The summed E-state index contributed by atoms with van der Waals surface area (Å²) in [5.74, 6) is 3.12. The first kappa shape index (κ1) is 12.6. The summed E-state index contributed by atoms with van der Waals surface area (Å²) in [5, 5.41) is 0.497. The minimum absolute atomic E-state index is 0.446. The van der Waals surface area contributed by atoms with Gasteiger partial charge in [0.2, 0.25) is 0 Å². The van der Waals surface area contributed by atoms with Crippen molar-refractivity contribution >= 4 is 15.7 Å². The standard InChI is InChI=1S/C14H28B2/c1-13(2,3)14(15,16)12-7-6-10-4-5-11(8-10)9-12/h10-12H,4-9,15-16H2,1-3H3. The van der Waals surface area contributed by atoms with E-state index in [1.807, 2.05) is 0 Å². The van der Waals surface area contributed by atoms with E-state index >= 15 is 0 Å². The molecule has 0 N–H and O–H groups in total. The van der Waals surface area contributed by atoms with Crippen molar-refractivity contribution in [3.8, 4) is 0 Å². The van der Waals surface area contributed by atoms with E-state index in [1.54, 1.807) is 6.42 Å². The fourth-order valence-electron chi connectivity index (χ4n) is 3.88. The lowest BCUT2D eigenvalue weighted by molar-refractivity contribution is 0.215. The molecule has 16 heavy (non-hydrogen) atoms. The summed E-state index contributed by atoms with van der Waals surface area (Å²) in [6.07, 6.45) is 9.14. The van der Waals surface area contributed by atoms with E-state index in [-0.39, 0.29) is 0 Å². The van der Waals surface area contributed by atoms with Gasteiger partial charge in [-0.15, -0.1) is 0 Å². The van der Waals surface area contributed by atoms with Crippen molar-refractivity contribution < 1.29 is 0 Å². The zero-order valence-electron chi connectivity index (χ0n) is 12.0. The van der Waals surface area contributed by atoms with Crippen molar-refractivity contribution in [2.45, 2.75) is 64.5 Å². The zero-order valence-corrected chi connectivity index (χ0v) is 12.0. The number of fused-ring (bicyclic) bond motifs is 2. The third-order valence-corrected chi connectivity index (χ3v) is 6.14. The van der Waals surface area contributed by atoms with Crippen molar-refractivity contribution in [2.24, 2.45) is 23.2 Å². The lowest BCUT2D eigenvalue weighted by Crippen LogP contribution is -2.37. The maximum Gasteiger partial charge on any atom is 0.100 e. The molecule has 90 valence electrons. The Balaban J connectivity index is 2.10. The van der Waals surface area contributed by atoms with Gasteiger partial charge in [0.15, 0.2) is 0 Å². The second-order valence-electron chi connectivity index (χ2n) is 8.03. The fourth-order valence-corrected chi connectivity index (χ4v) is 3.88. The van der Waals surface area contributed by atoms with Gasteiger partial charge in [-0.3, -0.25) is 0 Å². The van der Waals surface area contributed by atoms with E-state index in [4.69, 9.17) is 0 Å². The molecule has 0 radical (unpaired) electrons. The highest BCUT2D eigenvalue weighted by atomic mass is 14.4. The molecule has 2 bridgehead atoms. The average Bonchev–Trinajstić information content (AvgIpc) is 2.43. The van der Waals surface area contributed by atoms with E-state index in [9.17, 15) is 0 Å². The van der Waals surface area contributed by atoms with Crippen molar-refractivity contribution in [2.75, 3.05) is 0 Å². The largest absolute Gasteiger partial charge is 0.100 e. The van der Waals surface area contributed by atoms with Crippen LogP contribution in [0.3, 0.4) is 0 Å². The summed E-state index contributed by atoms with van der Waals surface area (Å²) >= 11 is 0. The van der Waals surface area contributed by atoms with E-state index in [0.29, 0.717) is 10.6 Å². The Morgan fingerprint density at radius 3 is 2.00 bits per heavy atom. The molecule has 0 nitrogen and oxygen atoms in total. The van der Waals surface area contributed by atoms with Crippen LogP contribution in [0.25, 0.3) is 0 Å². The molecular formula is C14H28B2. The minimum Gasteiger partial charge on any atom is -0.0771 e. The van der Waals surface area contributed by atoms with Crippen LogP contribution in [-0.4, -0.2) is 15.7 Å². The normalized spacial score (nSPS) is 36.1. The molecule has 0 aromatic rings. The first-order valence-electron chi connectivity index (χ1n) is 7.30. The molecule has 2 rings (SSSR count). The Labute approximate surface area is 104 Å². The van der Waals surface area contributed by atoms with Crippen LogP contribution in [0, 0.1) is 23.2 Å². The summed E-state index contributed by atoms with van der Waals surface area (Å²) < 4.78 is 0. The Kier molecular flexibility index (Phi) is 3.23. The van der Waals surface area contributed by atoms with Crippen LogP contribution in [-0.2, 0) is 0 Å². The highest BCUT2D eigenvalue weighted by Gasteiger charge is 2.42. The predicted molar refractivity (Wildman–Crippen MR) is 77.4 cm³/mol. The molecule has 0 saturated heterocycles. The molecule has 2 aliphatic rings. The van der Waals surface area contributed by atoms with E-state index in [2.05, 4.69) is 36.5 Å². The highest BCUT2D eigenvalue weighted by Crippen LogP contribution is 2.54. The molecule has 2 aliphatic carbocycles. The number of hydrogen-bond donors (Lipinski definition) is 0. The van der Waals surface area contributed by atoms with Gasteiger partial charge in [-0.2, -0.15) is 0 Å². The number of rotatable bonds is 1. The van der Waals surface area contributed by atoms with Crippen molar-refractivity contribution in [3.05, 3.63) is 0 Å². The molecule has 3 atom stereocenters. The van der Waals surface area contributed by atoms with E-state index in [0.717, 1.165) is 17.8 Å². The smallest absolute Gasteiger partial charge is 0.0771 e. The summed E-state index contributed by atoms with van der Waals surface area (Å²) in [6.45, 7) is 7.28. The maximum absolute atomic E-state index is 2.51. The fraction of sp³-hybridized carbons (Fsp3) is 1.00. The third kappa shape index (κ3) is 2.22. The van der Waals surface area contributed by atoms with Gasteiger partial charge >= 0.3 is 0 Å². The van der Waals surface area contributed by atoms with E-state index in [1.165, 1.54) is 32.1 Å². The third-order valence-electron chi connectivity index (χ3n) is 6.14. The Morgan fingerprint density at radius 2 is 1.38 bits per heavy atom. The molecule has 0 aromatic carbocycles. The SMILES string of the molecule is BC(B)(C1CCC2CCC(C2)C1)C(C)(C)C. The first-order valence-corrected chi connectivity index (χ1v) is 7.30. The molecule has 0 amide bonds. The van der Waals surface area contributed by atoms with Crippen molar-refractivity contribution in [1.82, 2.24) is 0 Å². The molecule has 0 spiro atoms. The van der Waals surface area contributed by atoms with E-state index < -0.39 is 0 Å². The van der Waals surface area contributed by atoms with Crippen molar-refractivity contribution in [1.29, 1.82) is 0 Å². The molecule has 0 heterocycles. The van der Waals surface area contributed by atoms with Crippen LogP contribution in [0.15, 0.2) is 0 Å². The topological polar surface area (TPSA) is 0 Å². The average molecular weight is 218 g/mol. The van der Waals surface area contributed by atoms with Crippen LogP contribution in [0.2, 0.25) is 5.21 Å². The van der Waals surface area contributed by atoms with Gasteiger partial charge < -0.3 is 0 Å². The summed E-state index contributed by atoms with van der Waals surface area (Å²) in [4.78, 5) is 0. The first-order chi connectivity index (χ1) is 7.30. The summed E-state index contributed by atoms with van der Waals surface area (Å²) in [5.41, 5.74) is 0.446. The zero-order chi connectivity index (χ0) is 12.0. The van der Waals surface area contributed by atoms with Crippen molar-refractivity contribution in [3.63, 3.8) is 0 Å². The van der Waals surface area contributed by atoms with Gasteiger partial charge in [0.25, 0.3) is 0 Å². The second kappa shape index (κ2) is 4.10. The highest BCUT2D eigenvalue weighted by molar-refractivity contribution is 6.40. The Hall–Kier alpha value is 0.130. The van der Waals surface area contributed by atoms with Gasteiger partial charge in [-0.25, -0.2) is 0 Å². The molecule has 0 aliphatic heterocycles. The molecule has 0 aromatic heterocycles. The summed E-state index contributed by atoms with van der Waals surface area (Å²) in [6, 6.07) is 0. The van der Waals surface area contributed by atoms with Crippen LogP contribution < -0.4 is 0 Å². The van der Waals surface area contributed by atoms with Crippen LogP contribution in [0.1, 0.15) is 59.3 Å². The van der Waals surface area contributed by atoms with Gasteiger partial charge in [0, 0.05) is 0 Å². The minimum atomic E-state index is 0.446. The Morgan fingerprint density at radius 1 is 0.812 bits per heavy atom. The summed E-state index contributed by atoms with van der Waals surface area (Å²) in [7, 11) is 5.02. The van der Waals surface area contributed by atoms with Gasteiger partial charge in [0.1, 0.15) is 15.7 Å². The lowest BCUT2D eigenvalue weighted by atomic mass is 9.37. The lowest BCUT2D eigenvalue weighted by Gasteiger charge is -2.46. The van der Waals surface area contributed by atoms with Crippen LogP contribution in [0.4, 0.5) is 0 Å². The van der Waals surface area contributed by atoms with Crippen LogP contribution in [0.5, 0.6) is 0 Å². The molecule has 2 saturated carbocycles. The quantitative estimate of drug-likeness (QED) is 0.593. The molecule has 2 heteroatoms. The molecular weight excluding hydrogens is 190 g/mol. The van der Waals surface area contributed by atoms with Gasteiger partial charge in [-0.05, 0) is 36.0 Å². The number of hydrogen-bond acceptors (Lipinski definition) is 0. The van der Waals surface area contributed by atoms with Gasteiger partial charge in [-0.1, -0.05) is 51.7 Å².